The summed E-state index contributed by atoms with van der Waals surface area (Å²) >= 11 is 0. The number of rotatable bonds is 4. The van der Waals surface area contributed by atoms with Crippen LogP contribution >= 0.6 is 0 Å². The van der Waals surface area contributed by atoms with Gasteiger partial charge in [0, 0.05) is 26.2 Å². The zero-order valence-corrected chi connectivity index (χ0v) is 11.8. The summed E-state index contributed by atoms with van der Waals surface area (Å²) < 4.78 is 5.64. The van der Waals surface area contributed by atoms with Gasteiger partial charge in [0.05, 0.1) is 18.2 Å². The monoisotopic (exact) mass is 272 g/mol. The van der Waals surface area contributed by atoms with Crippen molar-refractivity contribution in [2.45, 2.75) is 39.0 Å². The van der Waals surface area contributed by atoms with Crippen LogP contribution in [0, 0.1) is 0 Å². The van der Waals surface area contributed by atoms with E-state index in [1.165, 1.54) is 0 Å². The summed E-state index contributed by atoms with van der Waals surface area (Å²) in [6.45, 7) is 7.68. The van der Waals surface area contributed by atoms with Crippen LogP contribution in [-0.4, -0.2) is 61.3 Å². The second-order valence-corrected chi connectivity index (χ2v) is 4.78. The Morgan fingerprint density at radius 2 is 2.16 bits per heavy atom. The Hall–Kier alpha value is -1.18. The average Bonchev–Trinajstić information content (AvgIpc) is 2.37. The molecule has 4 N–H and O–H groups in total. The van der Waals surface area contributed by atoms with E-state index in [1.54, 1.807) is 13.8 Å². The third kappa shape index (κ3) is 4.77. The molecule has 0 aliphatic carbocycles. The lowest BCUT2D eigenvalue weighted by atomic mass is 10.1. The van der Waals surface area contributed by atoms with Crippen LogP contribution in [0.5, 0.6) is 0 Å². The Labute approximate surface area is 113 Å². The first-order chi connectivity index (χ1) is 8.97. The third-order valence-electron chi connectivity index (χ3n) is 3.12. The largest absolute Gasteiger partial charge is 0.371 e. The summed E-state index contributed by atoms with van der Waals surface area (Å²) in [4.78, 5) is 25.2. The Kier molecular flexibility index (Phi) is 6.20. The van der Waals surface area contributed by atoms with Crippen molar-refractivity contribution in [1.82, 2.24) is 15.5 Å². The molecule has 0 aromatic carbocycles. The van der Waals surface area contributed by atoms with Crippen LogP contribution in [0.15, 0.2) is 0 Å². The summed E-state index contributed by atoms with van der Waals surface area (Å²) in [6.07, 6.45) is -0.0366. The molecule has 0 radical (unpaired) electrons. The van der Waals surface area contributed by atoms with Gasteiger partial charge in [-0.3, -0.25) is 15.0 Å². The third-order valence-corrected chi connectivity index (χ3v) is 3.12. The lowest BCUT2D eigenvalue weighted by molar-refractivity contribution is -0.131. The van der Waals surface area contributed by atoms with Gasteiger partial charge in [-0.2, -0.15) is 0 Å². The lowest BCUT2D eigenvalue weighted by Gasteiger charge is -2.38. The van der Waals surface area contributed by atoms with Crippen molar-refractivity contribution < 1.29 is 14.3 Å². The minimum atomic E-state index is -0.462. The normalized spacial score (nSPS) is 25.7. The minimum absolute atomic E-state index is 0.0296. The minimum Gasteiger partial charge on any atom is -0.371 e. The highest BCUT2D eigenvalue weighted by Crippen LogP contribution is 2.13. The molecule has 3 amide bonds. The number of ether oxygens (including phenoxy) is 1. The van der Waals surface area contributed by atoms with Crippen LogP contribution in [0.2, 0.25) is 0 Å². The van der Waals surface area contributed by atoms with Crippen LogP contribution < -0.4 is 16.4 Å². The van der Waals surface area contributed by atoms with Crippen LogP contribution in [-0.2, 0) is 9.53 Å². The van der Waals surface area contributed by atoms with Crippen LogP contribution in [0.25, 0.3) is 0 Å². The van der Waals surface area contributed by atoms with Crippen molar-refractivity contribution in [2.24, 2.45) is 5.73 Å². The van der Waals surface area contributed by atoms with E-state index in [0.717, 1.165) is 0 Å². The Bertz CT molecular complexity index is 324. The molecule has 3 atom stereocenters. The number of urea groups is 1. The summed E-state index contributed by atoms with van der Waals surface area (Å²) in [5, 5.41) is 4.85. The average molecular weight is 272 g/mol. The summed E-state index contributed by atoms with van der Waals surface area (Å²) in [6, 6.07) is -0.848. The smallest absolute Gasteiger partial charge is 0.321 e. The second kappa shape index (κ2) is 7.42. The predicted molar refractivity (Wildman–Crippen MR) is 71.6 cm³/mol. The van der Waals surface area contributed by atoms with E-state index in [9.17, 15) is 9.59 Å². The maximum absolute atomic E-state index is 11.9. The number of hydrogen-bond donors (Lipinski definition) is 3. The van der Waals surface area contributed by atoms with E-state index in [0.29, 0.717) is 26.2 Å². The van der Waals surface area contributed by atoms with Gasteiger partial charge in [-0.05, 0) is 20.8 Å². The number of morpholine rings is 1. The highest BCUT2D eigenvalue weighted by Gasteiger charge is 2.30. The number of carbonyl (C=O) groups excluding carboxylic acids is 2. The molecule has 1 aliphatic heterocycles. The second-order valence-electron chi connectivity index (χ2n) is 4.78. The molecule has 1 heterocycles. The Morgan fingerprint density at radius 1 is 1.47 bits per heavy atom. The molecule has 110 valence electrons. The van der Waals surface area contributed by atoms with Gasteiger partial charge in [0.1, 0.15) is 0 Å². The topological polar surface area (TPSA) is 96.7 Å². The molecule has 0 aromatic heterocycles. The standard InChI is InChI=1S/C12H24N4O3/c1-4-14-12(18)15-11(17)9(3)16-6-8(2)19-10(5-13)7-16/h8-10H,4-7,13H2,1-3H3,(H2,14,15,17,18). The fourth-order valence-corrected chi connectivity index (χ4v) is 2.11. The molecule has 1 fully saturated rings. The lowest BCUT2D eigenvalue weighted by Crippen LogP contribution is -2.57. The molecular formula is C12H24N4O3. The number of nitrogens with one attached hydrogen (secondary N) is 2. The summed E-state index contributed by atoms with van der Waals surface area (Å²) in [5.41, 5.74) is 5.61. The van der Waals surface area contributed by atoms with Crippen LogP contribution in [0.3, 0.4) is 0 Å². The molecule has 7 nitrogen and oxygen atoms in total. The van der Waals surface area contributed by atoms with Crippen molar-refractivity contribution in [2.75, 3.05) is 26.2 Å². The number of hydrogen-bond acceptors (Lipinski definition) is 5. The summed E-state index contributed by atoms with van der Waals surface area (Å²) in [7, 11) is 0. The van der Waals surface area contributed by atoms with Gasteiger partial charge in [-0.1, -0.05) is 0 Å². The van der Waals surface area contributed by atoms with Crippen molar-refractivity contribution in [3.63, 3.8) is 0 Å². The zero-order valence-electron chi connectivity index (χ0n) is 11.8. The number of nitrogens with two attached hydrogens (primary N) is 1. The van der Waals surface area contributed by atoms with Gasteiger partial charge >= 0.3 is 6.03 Å². The summed E-state index contributed by atoms with van der Waals surface area (Å²) in [5.74, 6) is -0.309. The molecule has 0 saturated carbocycles. The van der Waals surface area contributed by atoms with Crippen molar-refractivity contribution in [3.05, 3.63) is 0 Å². The van der Waals surface area contributed by atoms with E-state index in [4.69, 9.17) is 10.5 Å². The number of amides is 3. The highest BCUT2D eigenvalue weighted by molar-refractivity contribution is 5.96. The van der Waals surface area contributed by atoms with E-state index >= 15 is 0 Å². The van der Waals surface area contributed by atoms with Crippen molar-refractivity contribution in [3.8, 4) is 0 Å². The van der Waals surface area contributed by atoms with E-state index in [2.05, 4.69) is 10.6 Å². The Balaban J connectivity index is 2.53. The van der Waals surface area contributed by atoms with Crippen LogP contribution in [0.4, 0.5) is 4.79 Å². The van der Waals surface area contributed by atoms with Gasteiger partial charge < -0.3 is 15.8 Å². The maximum Gasteiger partial charge on any atom is 0.321 e. The molecule has 1 saturated heterocycles. The van der Waals surface area contributed by atoms with Crippen molar-refractivity contribution >= 4 is 11.9 Å². The van der Waals surface area contributed by atoms with Gasteiger partial charge in [0.15, 0.2) is 0 Å². The molecule has 1 rings (SSSR count). The molecule has 0 aromatic rings. The Morgan fingerprint density at radius 3 is 2.74 bits per heavy atom. The molecule has 3 unspecified atom stereocenters. The molecular weight excluding hydrogens is 248 g/mol. The maximum atomic E-state index is 11.9. The molecule has 7 heteroatoms. The van der Waals surface area contributed by atoms with E-state index < -0.39 is 6.03 Å². The van der Waals surface area contributed by atoms with Gasteiger partial charge in [0.25, 0.3) is 0 Å². The van der Waals surface area contributed by atoms with Gasteiger partial charge in [-0.25, -0.2) is 4.79 Å². The fourth-order valence-electron chi connectivity index (χ4n) is 2.11. The number of carbonyl (C=O) groups is 2. The van der Waals surface area contributed by atoms with Crippen LogP contribution in [0.1, 0.15) is 20.8 Å². The first-order valence-electron chi connectivity index (χ1n) is 6.66. The van der Waals surface area contributed by atoms with Crippen molar-refractivity contribution in [1.29, 1.82) is 0 Å². The SMILES string of the molecule is CCNC(=O)NC(=O)C(C)N1CC(C)OC(CN)C1. The first-order valence-corrected chi connectivity index (χ1v) is 6.66. The zero-order chi connectivity index (χ0) is 14.4. The van der Waals surface area contributed by atoms with E-state index in [1.807, 2.05) is 11.8 Å². The fraction of sp³-hybridized carbons (Fsp3) is 0.833. The quantitative estimate of drug-likeness (QED) is 0.627. The molecule has 0 bridgehead atoms. The number of imide groups is 1. The number of nitrogens with zero attached hydrogens (tertiary/aromatic N) is 1. The van der Waals surface area contributed by atoms with Gasteiger partial charge in [-0.15, -0.1) is 0 Å². The first kappa shape index (κ1) is 15.9. The molecule has 0 spiro atoms. The molecule has 19 heavy (non-hydrogen) atoms. The molecule has 1 aliphatic rings. The van der Waals surface area contributed by atoms with E-state index in [-0.39, 0.29) is 24.2 Å². The highest BCUT2D eigenvalue weighted by atomic mass is 16.5. The predicted octanol–water partition coefficient (Wildman–Crippen LogP) is -0.731. The van der Waals surface area contributed by atoms with Gasteiger partial charge in [0.2, 0.25) is 5.91 Å².